The molecule has 3 aromatic rings. The molecule has 0 saturated carbocycles. The van der Waals surface area contributed by atoms with Gasteiger partial charge in [0.05, 0.1) is 11.4 Å². The molecule has 1 aromatic heterocycles. The monoisotopic (exact) mass is 423 g/mol. The summed E-state index contributed by atoms with van der Waals surface area (Å²) in [4.78, 5) is 13.8. The minimum atomic E-state index is -3.67. The van der Waals surface area contributed by atoms with Crippen LogP contribution in [0.25, 0.3) is 0 Å². The quantitative estimate of drug-likeness (QED) is 0.661. The third-order valence-electron chi connectivity index (χ3n) is 5.48. The zero-order valence-electron chi connectivity index (χ0n) is 17.1. The Bertz CT molecular complexity index is 1170. The van der Waals surface area contributed by atoms with Crippen LogP contribution in [0.5, 0.6) is 0 Å². The van der Waals surface area contributed by atoms with E-state index in [0.717, 1.165) is 22.5 Å². The molecule has 6 nitrogen and oxygen atoms in total. The Labute approximate surface area is 177 Å². The number of hydrogen-bond donors (Lipinski definition) is 1. The molecular formula is C23H25N3O3S. The summed E-state index contributed by atoms with van der Waals surface area (Å²) in [7, 11) is -3.67. The number of rotatable bonds is 6. The number of hydrogen-bond acceptors (Lipinski definition) is 3. The van der Waals surface area contributed by atoms with Crippen LogP contribution in [0.2, 0.25) is 0 Å². The van der Waals surface area contributed by atoms with Gasteiger partial charge in [-0.15, -0.1) is 0 Å². The van der Waals surface area contributed by atoms with Crippen LogP contribution in [-0.4, -0.2) is 24.9 Å². The van der Waals surface area contributed by atoms with Gasteiger partial charge in [0.1, 0.15) is 0 Å². The number of carbonyl (C=O) groups is 1. The van der Waals surface area contributed by atoms with Crippen LogP contribution in [-0.2, 0) is 34.3 Å². The highest BCUT2D eigenvalue weighted by Gasteiger charge is 2.30. The number of benzene rings is 2. The highest BCUT2D eigenvalue weighted by Crippen LogP contribution is 2.33. The molecule has 0 saturated heterocycles. The lowest BCUT2D eigenvalue weighted by molar-refractivity contribution is -0.116. The van der Waals surface area contributed by atoms with Crippen LogP contribution >= 0.6 is 0 Å². The maximum Gasteiger partial charge on any atom is 0.240 e. The maximum absolute atomic E-state index is 12.9. The van der Waals surface area contributed by atoms with Gasteiger partial charge in [-0.2, -0.15) is 0 Å². The summed E-state index contributed by atoms with van der Waals surface area (Å²) in [5.74, 6) is -0.0332. The predicted molar refractivity (Wildman–Crippen MR) is 117 cm³/mol. The molecule has 1 amide bonds. The Morgan fingerprint density at radius 1 is 1.10 bits per heavy atom. The topological polar surface area (TPSA) is 71.4 Å². The molecule has 1 atom stereocenters. The van der Waals surface area contributed by atoms with Crippen molar-refractivity contribution >= 4 is 21.6 Å². The SMILES string of the molecule is CC(=O)N1c2ccc(S(=O)(=O)NCc3cccn3Cc3ccccc3)cc2C[C@H]1C. The summed E-state index contributed by atoms with van der Waals surface area (Å²) in [5.41, 5.74) is 3.72. The van der Waals surface area contributed by atoms with Crippen LogP contribution in [0.1, 0.15) is 30.7 Å². The molecule has 30 heavy (non-hydrogen) atoms. The van der Waals surface area contributed by atoms with E-state index in [9.17, 15) is 13.2 Å². The predicted octanol–water partition coefficient (Wildman–Crippen LogP) is 3.31. The number of amides is 1. The zero-order chi connectivity index (χ0) is 21.3. The molecule has 0 fully saturated rings. The molecule has 1 N–H and O–H groups in total. The molecule has 0 aliphatic carbocycles. The summed E-state index contributed by atoms with van der Waals surface area (Å²) in [6.45, 7) is 4.38. The van der Waals surface area contributed by atoms with Gasteiger partial charge >= 0.3 is 0 Å². The van der Waals surface area contributed by atoms with Crippen LogP contribution in [0.15, 0.2) is 71.8 Å². The summed E-state index contributed by atoms with van der Waals surface area (Å²) >= 11 is 0. The van der Waals surface area contributed by atoms with Gasteiger partial charge in [0.25, 0.3) is 0 Å². The number of carbonyl (C=O) groups excluding carboxylic acids is 1. The summed E-state index contributed by atoms with van der Waals surface area (Å²) in [6.07, 6.45) is 2.60. The number of sulfonamides is 1. The summed E-state index contributed by atoms with van der Waals surface area (Å²) < 4.78 is 30.5. The zero-order valence-corrected chi connectivity index (χ0v) is 17.9. The Kier molecular flexibility index (Phi) is 5.49. The van der Waals surface area contributed by atoms with Gasteiger partial charge in [-0.25, -0.2) is 13.1 Å². The van der Waals surface area contributed by atoms with Crippen LogP contribution < -0.4 is 9.62 Å². The van der Waals surface area contributed by atoms with Crippen LogP contribution in [0.3, 0.4) is 0 Å². The molecule has 0 unspecified atom stereocenters. The van der Waals surface area contributed by atoms with E-state index >= 15 is 0 Å². The second kappa shape index (κ2) is 8.08. The molecule has 7 heteroatoms. The van der Waals surface area contributed by atoms with Crippen molar-refractivity contribution in [2.24, 2.45) is 0 Å². The van der Waals surface area contributed by atoms with Gasteiger partial charge in [-0.05, 0) is 54.8 Å². The van der Waals surface area contributed by atoms with Gasteiger partial charge in [0.15, 0.2) is 0 Å². The second-order valence-electron chi connectivity index (χ2n) is 7.67. The second-order valence-corrected chi connectivity index (χ2v) is 9.44. The van der Waals surface area contributed by atoms with Crippen molar-refractivity contribution in [1.29, 1.82) is 0 Å². The molecule has 2 aromatic carbocycles. The molecule has 2 heterocycles. The maximum atomic E-state index is 12.9. The number of nitrogens with zero attached hydrogens (tertiary/aromatic N) is 2. The number of anilines is 1. The first-order chi connectivity index (χ1) is 14.3. The lowest BCUT2D eigenvalue weighted by Gasteiger charge is -2.20. The van der Waals surface area contributed by atoms with E-state index in [-0.39, 0.29) is 23.4 Å². The van der Waals surface area contributed by atoms with Crippen LogP contribution in [0.4, 0.5) is 5.69 Å². The Morgan fingerprint density at radius 3 is 2.60 bits per heavy atom. The standard InChI is InChI=1S/C23H25N3O3S/c1-17-13-20-14-22(10-11-23(20)26(17)18(2)27)30(28,29)24-15-21-9-6-12-25(21)16-19-7-4-3-5-8-19/h3-12,14,17,24H,13,15-16H2,1-2H3/t17-/m1/s1. The van der Waals surface area contributed by atoms with Gasteiger partial charge in [0, 0.05) is 37.1 Å². The van der Waals surface area contributed by atoms with Crippen LogP contribution in [0, 0.1) is 0 Å². The van der Waals surface area contributed by atoms with Crippen molar-refractivity contribution in [3.63, 3.8) is 0 Å². The van der Waals surface area contributed by atoms with E-state index in [1.54, 1.807) is 23.1 Å². The average molecular weight is 424 g/mol. The third-order valence-corrected chi connectivity index (χ3v) is 6.88. The third kappa shape index (κ3) is 4.04. The summed E-state index contributed by atoms with van der Waals surface area (Å²) in [6, 6.07) is 18.9. The lowest BCUT2D eigenvalue weighted by Crippen LogP contribution is -2.33. The first-order valence-corrected chi connectivity index (χ1v) is 11.4. The normalized spacial score (nSPS) is 15.9. The smallest absolute Gasteiger partial charge is 0.240 e. The van der Waals surface area contributed by atoms with Gasteiger partial charge in [-0.3, -0.25) is 4.79 Å². The summed E-state index contributed by atoms with van der Waals surface area (Å²) in [5, 5.41) is 0. The number of nitrogens with one attached hydrogen (secondary N) is 1. The van der Waals surface area contributed by atoms with E-state index in [0.29, 0.717) is 13.0 Å². The minimum absolute atomic E-state index is 0.0321. The fourth-order valence-electron chi connectivity index (χ4n) is 4.05. The molecule has 156 valence electrons. The highest BCUT2D eigenvalue weighted by atomic mass is 32.2. The minimum Gasteiger partial charge on any atom is -0.346 e. The van der Waals surface area contributed by atoms with Gasteiger partial charge in [0.2, 0.25) is 15.9 Å². The first-order valence-electron chi connectivity index (χ1n) is 9.95. The lowest BCUT2D eigenvalue weighted by atomic mass is 10.1. The fraction of sp³-hybridized carbons (Fsp3) is 0.261. The van der Waals surface area contributed by atoms with Crippen molar-refractivity contribution in [2.45, 2.75) is 44.3 Å². The Morgan fingerprint density at radius 2 is 1.87 bits per heavy atom. The molecular weight excluding hydrogens is 398 g/mol. The molecule has 0 spiro atoms. The van der Waals surface area contributed by atoms with Gasteiger partial charge < -0.3 is 9.47 Å². The fourth-order valence-corrected chi connectivity index (χ4v) is 5.10. The first kappa shape index (κ1) is 20.4. The molecule has 1 aliphatic rings. The van der Waals surface area contributed by atoms with E-state index in [1.165, 1.54) is 6.92 Å². The van der Waals surface area contributed by atoms with Crippen molar-refractivity contribution in [3.05, 3.63) is 83.7 Å². The molecule has 0 radical (unpaired) electrons. The molecule has 1 aliphatic heterocycles. The van der Waals surface area contributed by atoms with Crippen molar-refractivity contribution in [2.75, 3.05) is 4.90 Å². The Balaban J connectivity index is 1.50. The molecule has 4 rings (SSSR count). The van der Waals surface area contributed by atoms with Crippen molar-refractivity contribution < 1.29 is 13.2 Å². The van der Waals surface area contributed by atoms with E-state index < -0.39 is 10.0 Å². The van der Waals surface area contributed by atoms with Crippen molar-refractivity contribution in [3.8, 4) is 0 Å². The Hall–Kier alpha value is -2.90. The van der Waals surface area contributed by atoms with E-state index in [2.05, 4.69) is 4.72 Å². The highest BCUT2D eigenvalue weighted by molar-refractivity contribution is 7.89. The number of fused-ring (bicyclic) bond motifs is 1. The molecule has 0 bridgehead atoms. The van der Waals surface area contributed by atoms with E-state index in [1.807, 2.05) is 60.2 Å². The average Bonchev–Trinajstić information content (AvgIpc) is 3.29. The van der Waals surface area contributed by atoms with Gasteiger partial charge in [-0.1, -0.05) is 30.3 Å². The largest absolute Gasteiger partial charge is 0.346 e. The van der Waals surface area contributed by atoms with Crippen molar-refractivity contribution in [1.82, 2.24) is 9.29 Å². The van der Waals surface area contributed by atoms with E-state index in [4.69, 9.17) is 0 Å². The number of aromatic nitrogens is 1.